The fourth-order valence-corrected chi connectivity index (χ4v) is 1.62. The molecular weight excluding hydrogens is 280 g/mol. The molecule has 0 heterocycles. The van der Waals surface area contributed by atoms with E-state index in [1.54, 1.807) is 31.2 Å². The maximum absolute atomic E-state index is 11.4. The number of para-hydroxylation sites is 2. The molecule has 0 aromatic heterocycles. The summed E-state index contributed by atoms with van der Waals surface area (Å²) in [5.41, 5.74) is 0. The molecule has 1 atom stereocenters. The summed E-state index contributed by atoms with van der Waals surface area (Å²) in [5, 5.41) is 8.63. The van der Waals surface area contributed by atoms with E-state index in [0.717, 1.165) is 0 Å². The lowest BCUT2D eigenvalue weighted by Gasteiger charge is -2.15. The van der Waals surface area contributed by atoms with Gasteiger partial charge in [0.25, 0.3) is 0 Å². The third kappa shape index (κ3) is 6.79. The van der Waals surface area contributed by atoms with E-state index < -0.39 is 6.10 Å². The number of hydrogen-bond acceptors (Lipinski definition) is 4. The molecule has 0 radical (unpaired) electrons. The molecule has 0 bridgehead atoms. The Bertz CT molecular complexity index is 525. The van der Waals surface area contributed by atoms with E-state index in [4.69, 9.17) is 14.6 Å². The first kappa shape index (κ1) is 17.6. The van der Waals surface area contributed by atoms with Crippen LogP contribution in [0.1, 0.15) is 20.3 Å². The summed E-state index contributed by atoms with van der Waals surface area (Å²) in [7, 11) is 0. The molecule has 0 aliphatic rings. The molecule has 22 heavy (non-hydrogen) atoms. The van der Waals surface area contributed by atoms with Crippen molar-refractivity contribution in [1.29, 1.82) is 0 Å². The van der Waals surface area contributed by atoms with Gasteiger partial charge in [-0.15, -0.1) is 0 Å². The Morgan fingerprint density at radius 1 is 1.00 bits per heavy atom. The SMILES string of the molecule is CCOC(=O)C(CC)Oc1ccccc1.Oc1ccccc1. The molecule has 2 aromatic carbocycles. The average Bonchev–Trinajstić information content (AvgIpc) is 2.55. The van der Waals surface area contributed by atoms with Crippen LogP contribution in [0.2, 0.25) is 0 Å². The van der Waals surface area contributed by atoms with Gasteiger partial charge in [-0.05, 0) is 37.6 Å². The minimum Gasteiger partial charge on any atom is -0.508 e. The van der Waals surface area contributed by atoms with Crippen LogP contribution in [0.5, 0.6) is 11.5 Å². The van der Waals surface area contributed by atoms with Gasteiger partial charge >= 0.3 is 5.97 Å². The molecule has 0 fully saturated rings. The van der Waals surface area contributed by atoms with Crippen LogP contribution in [0.15, 0.2) is 60.7 Å². The van der Waals surface area contributed by atoms with Gasteiger partial charge in [-0.1, -0.05) is 43.3 Å². The predicted octanol–water partition coefficient (Wildman–Crippen LogP) is 3.80. The zero-order chi connectivity index (χ0) is 16.2. The van der Waals surface area contributed by atoms with E-state index in [2.05, 4.69) is 0 Å². The number of carbonyl (C=O) groups excluding carboxylic acids is 1. The molecule has 1 N–H and O–H groups in total. The van der Waals surface area contributed by atoms with Gasteiger partial charge in [0.1, 0.15) is 11.5 Å². The lowest BCUT2D eigenvalue weighted by Crippen LogP contribution is -2.28. The molecule has 2 aromatic rings. The van der Waals surface area contributed by atoms with Crippen LogP contribution >= 0.6 is 0 Å². The Hall–Kier alpha value is -2.49. The van der Waals surface area contributed by atoms with Crippen LogP contribution in [0.4, 0.5) is 0 Å². The Labute approximate surface area is 131 Å². The van der Waals surface area contributed by atoms with Crippen LogP contribution in [0.25, 0.3) is 0 Å². The molecule has 4 heteroatoms. The fraction of sp³-hybridized carbons (Fsp3) is 0.278. The summed E-state index contributed by atoms with van der Waals surface area (Å²) in [6.07, 6.45) is 0.0978. The second-order valence-electron chi connectivity index (χ2n) is 4.42. The van der Waals surface area contributed by atoms with Crippen LogP contribution in [0, 0.1) is 0 Å². The zero-order valence-electron chi connectivity index (χ0n) is 12.9. The minimum atomic E-state index is -0.507. The first-order valence-electron chi connectivity index (χ1n) is 7.29. The average molecular weight is 302 g/mol. The van der Waals surface area contributed by atoms with Gasteiger partial charge in [-0.2, -0.15) is 0 Å². The molecular formula is C18H22O4. The summed E-state index contributed by atoms with van der Waals surface area (Å²) in [4.78, 5) is 11.4. The number of phenolic OH excluding ortho intramolecular Hbond substituents is 1. The Kier molecular flexibility index (Phi) is 8.20. The molecule has 1 unspecified atom stereocenters. The van der Waals surface area contributed by atoms with Crippen LogP contribution in [-0.4, -0.2) is 23.8 Å². The molecule has 2 rings (SSSR count). The Morgan fingerprint density at radius 3 is 1.95 bits per heavy atom. The van der Waals surface area contributed by atoms with Gasteiger partial charge in [0.2, 0.25) is 0 Å². The van der Waals surface area contributed by atoms with E-state index in [-0.39, 0.29) is 5.97 Å². The first-order chi connectivity index (χ1) is 10.7. The molecule has 118 valence electrons. The standard InChI is InChI=1S/C12H16O3.C6H6O/c1-3-11(12(13)14-4-2)15-10-8-6-5-7-9-10;7-6-4-2-1-3-5-6/h5-9,11H,3-4H2,1-2H3;1-5,7H. The van der Waals surface area contributed by atoms with Gasteiger partial charge < -0.3 is 14.6 Å². The number of rotatable bonds is 5. The highest BCUT2D eigenvalue weighted by atomic mass is 16.6. The maximum Gasteiger partial charge on any atom is 0.347 e. The van der Waals surface area contributed by atoms with Crippen molar-refractivity contribution in [2.45, 2.75) is 26.4 Å². The predicted molar refractivity (Wildman–Crippen MR) is 85.9 cm³/mol. The van der Waals surface area contributed by atoms with Crippen LogP contribution < -0.4 is 4.74 Å². The minimum absolute atomic E-state index is 0.302. The van der Waals surface area contributed by atoms with E-state index >= 15 is 0 Å². The Balaban J connectivity index is 0.000000287. The van der Waals surface area contributed by atoms with Crippen LogP contribution in [-0.2, 0) is 9.53 Å². The van der Waals surface area contributed by atoms with Crippen molar-refractivity contribution in [3.63, 3.8) is 0 Å². The second kappa shape index (κ2) is 10.3. The van der Waals surface area contributed by atoms with Crippen molar-refractivity contribution < 1.29 is 19.4 Å². The van der Waals surface area contributed by atoms with E-state index in [1.807, 2.05) is 43.3 Å². The summed E-state index contributed by atoms with van der Waals surface area (Å²) >= 11 is 0. The summed E-state index contributed by atoms with van der Waals surface area (Å²) in [6.45, 7) is 4.06. The van der Waals surface area contributed by atoms with E-state index in [0.29, 0.717) is 24.5 Å². The number of hydrogen-bond donors (Lipinski definition) is 1. The van der Waals surface area contributed by atoms with Crippen molar-refractivity contribution in [1.82, 2.24) is 0 Å². The van der Waals surface area contributed by atoms with Crippen molar-refractivity contribution in [2.75, 3.05) is 6.61 Å². The molecule has 0 aliphatic heterocycles. The molecule has 0 spiro atoms. The smallest absolute Gasteiger partial charge is 0.347 e. The van der Waals surface area contributed by atoms with Gasteiger partial charge in [0.15, 0.2) is 6.10 Å². The van der Waals surface area contributed by atoms with Crippen molar-refractivity contribution in [3.05, 3.63) is 60.7 Å². The normalized spacial score (nSPS) is 10.8. The van der Waals surface area contributed by atoms with Gasteiger partial charge in [-0.3, -0.25) is 0 Å². The summed E-state index contributed by atoms with van der Waals surface area (Å²) < 4.78 is 10.4. The number of ether oxygens (including phenoxy) is 2. The van der Waals surface area contributed by atoms with Crippen molar-refractivity contribution in [2.24, 2.45) is 0 Å². The quantitative estimate of drug-likeness (QED) is 0.854. The van der Waals surface area contributed by atoms with Gasteiger partial charge in [-0.25, -0.2) is 4.79 Å². The lowest BCUT2D eigenvalue weighted by atomic mass is 10.2. The van der Waals surface area contributed by atoms with Crippen LogP contribution in [0.3, 0.4) is 0 Å². The van der Waals surface area contributed by atoms with Gasteiger partial charge in [0.05, 0.1) is 6.61 Å². The number of esters is 1. The highest BCUT2D eigenvalue weighted by Gasteiger charge is 2.19. The largest absolute Gasteiger partial charge is 0.508 e. The first-order valence-corrected chi connectivity index (χ1v) is 7.29. The van der Waals surface area contributed by atoms with Crippen molar-refractivity contribution >= 4 is 5.97 Å². The highest BCUT2D eigenvalue weighted by molar-refractivity contribution is 5.75. The fourth-order valence-electron chi connectivity index (χ4n) is 1.62. The monoisotopic (exact) mass is 302 g/mol. The number of carbonyl (C=O) groups is 1. The van der Waals surface area contributed by atoms with Crippen molar-refractivity contribution in [3.8, 4) is 11.5 Å². The van der Waals surface area contributed by atoms with Gasteiger partial charge in [0, 0.05) is 0 Å². The zero-order valence-corrected chi connectivity index (χ0v) is 12.9. The number of aromatic hydroxyl groups is 1. The molecule has 0 saturated heterocycles. The van der Waals surface area contributed by atoms with E-state index in [1.165, 1.54) is 0 Å². The molecule has 0 saturated carbocycles. The number of benzene rings is 2. The summed E-state index contributed by atoms with van der Waals surface area (Å²) in [5.74, 6) is 0.712. The third-order valence-electron chi connectivity index (χ3n) is 2.70. The Morgan fingerprint density at radius 2 is 1.55 bits per heavy atom. The molecule has 0 aliphatic carbocycles. The summed E-state index contributed by atoms with van der Waals surface area (Å²) in [6, 6.07) is 18.0. The number of phenols is 1. The lowest BCUT2D eigenvalue weighted by molar-refractivity contribution is -0.151. The molecule has 4 nitrogen and oxygen atoms in total. The second-order valence-corrected chi connectivity index (χ2v) is 4.42. The maximum atomic E-state index is 11.4. The highest BCUT2D eigenvalue weighted by Crippen LogP contribution is 2.13. The van der Waals surface area contributed by atoms with E-state index in [9.17, 15) is 4.79 Å². The molecule has 0 amide bonds. The topological polar surface area (TPSA) is 55.8 Å². The third-order valence-corrected chi connectivity index (χ3v) is 2.70.